The molecule has 0 N–H and O–H groups in total. The Morgan fingerprint density at radius 1 is 1.11 bits per heavy atom. The van der Waals surface area contributed by atoms with Crippen molar-refractivity contribution in [3.8, 4) is 5.75 Å². The lowest BCUT2D eigenvalue weighted by atomic mass is 10.1. The highest BCUT2D eigenvalue weighted by molar-refractivity contribution is 7.92. The fourth-order valence-corrected chi connectivity index (χ4v) is 3.58. The molecule has 0 radical (unpaired) electrons. The lowest BCUT2D eigenvalue weighted by Gasteiger charge is -2.21. The van der Waals surface area contributed by atoms with E-state index in [-0.39, 0.29) is 22.3 Å². The number of benzene rings is 1. The van der Waals surface area contributed by atoms with Crippen LogP contribution in [0.15, 0.2) is 48.5 Å². The fraction of sp³-hybridized carbons (Fsp3) is 0.412. The van der Waals surface area contributed by atoms with Crippen LogP contribution in [0.1, 0.15) is 39.7 Å². The number of hydrogen-bond donors (Lipinski definition) is 0. The van der Waals surface area contributed by atoms with Crippen molar-refractivity contribution in [3.63, 3.8) is 0 Å². The van der Waals surface area contributed by atoms with Crippen molar-refractivity contribution in [2.24, 2.45) is 25.4 Å². The summed E-state index contributed by atoms with van der Waals surface area (Å²) in [5.74, 6) is -0.177. The molecule has 2 heterocycles. The molecule has 0 aliphatic carbocycles. The molecule has 2 aliphatic heterocycles. The number of carbonyl (C=O) groups is 1. The predicted molar refractivity (Wildman–Crippen MR) is 100 cm³/mol. The summed E-state index contributed by atoms with van der Waals surface area (Å²) in [6, 6.07) is 4.46. The van der Waals surface area contributed by atoms with Gasteiger partial charge in [-0.2, -0.15) is 4.99 Å². The van der Waals surface area contributed by atoms with Crippen molar-refractivity contribution >= 4 is 33.1 Å². The highest BCUT2D eigenvalue weighted by Crippen LogP contribution is 2.30. The molecular weight excluding hydrogens is 370 g/mol. The number of amides is 1. The van der Waals surface area contributed by atoms with Crippen molar-refractivity contribution in [3.05, 3.63) is 23.8 Å². The highest BCUT2D eigenvalue weighted by atomic mass is 32.2. The number of nitrogens with zero attached hydrogens (tertiary/aromatic N) is 5. The Balaban J connectivity index is 2.15. The molecule has 1 amide bonds. The average molecular weight is 389 g/mol. The van der Waals surface area contributed by atoms with Gasteiger partial charge in [-0.1, -0.05) is 6.92 Å². The van der Waals surface area contributed by atoms with Gasteiger partial charge in [-0.15, -0.1) is 10.2 Å². The summed E-state index contributed by atoms with van der Waals surface area (Å²) in [6.45, 7) is 7.22. The van der Waals surface area contributed by atoms with Crippen molar-refractivity contribution < 1.29 is 17.9 Å². The lowest BCUT2D eigenvalue weighted by molar-refractivity contribution is -0.111. The van der Waals surface area contributed by atoms with Crippen LogP contribution in [0, 0.1) is 0 Å². The molecule has 0 unspecified atom stereocenters. The minimum absolute atomic E-state index is 0.0202. The molecule has 2 aliphatic rings. The number of amidine groups is 2. The Hall–Kier alpha value is -2.75. The van der Waals surface area contributed by atoms with Crippen LogP contribution in [0.3, 0.4) is 0 Å². The van der Waals surface area contributed by atoms with Crippen LogP contribution >= 0.6 is 0 Å². The number of fused-ring (bicyclic) bond motifs is 1. The highest BCUT2D eigenvalue weighted by Gasteiger charge is 2.33. The van der Waals surface area contributed by atoms with Gasteiger partial charge < -0.3 is 4.74 Å². The summed E-state index contributed by atoms with van der Waals surface area (Å²) in [5.41, 5.74) is 0.268. The van der Waals surface area contributed by atoms with E-state index >= 15 is 0 Å². The van der Waals surface area contributed by atoms with E-state index < -0.39 is 20.5 Å². The van der Waals surface area contributed by atoms with E-state index in [2.05, 4.69) is 25.4 Å². The van der Waals surface area contributed by atoms with Gasteiger partial charge in [0.1, 0.15) is 5.75 Å². The maximum Gasteiger partial charge on any atom is 0.303 e. The molecule has 0 bridgehead atoms. The van der Waals surface area contributed by atoms with E-state index in [9.17, 15) is 13.2 Å². The summed E-state index contributed by atoms with van der Waals surface area (Å²) in [6.07, 6.45) is 0.756. The Bertz CT molecular complexity index is 1030. The number of carbonyl (C=O) groups excluding carboxylic acids is 1. The first kappa shape index (κ1) is 19.0. The topological polar surface area (TPSA) is 122 Å². The van der Waals surface area contributed by atoms with Gasteiger partial charge in [0, 0.05) is 0 Å². The molecule has 27 heavy (non-hydrogen) atoms. The zero-order chi connectivity index (χ0) is 19.8. The van der Waals surface area contributed by atoms with E-state index in [1.165, 1.54) is 12.1 Å². The van der Waals surface area contributed by atoms with Crippen LogP contribution in [0.25, 0.3) is 0 Å². The van der Waals surface area contributed by atoms with Crippen LogP contribution in [0.2, 0.25) is 0 Å². The number of hydrogen-bond acceptors (Lipinski definition) is 8. The van der Waals surface area contributed by atoms with E-state index in [1.807, 2.05) is 6.92 Å². The quantitative estimate of drug-likeness (QED) is 0.768. The van der Waals surface area contributed by atoms with Gasteiger partial charge in [-0.25, -0.2) is 13.4 Å². The van der Waals surface area contributed by atoms with Gasteiger partial charge in [0.05, 0.1) is 21.8 Å². The third-order valence-corrected chi connectivity index (χ3v) is 6.37. The molecule has 142 valence electrons. The third kappa shape index (κ3) is 3.44. The lowest BCUT2D eigenvalue weighted by Crippen LogP contribution is -2.28. The van der Waals surface area contributed by atoms with E-state index in [0.29, 0.717) is 17.9 Å². The van der Waals surface area contributed by atoms with Gasteiger partial charge in [0.15, 0.2) is 15.7 Å². The second-order valence-corrected chi connectivity index (χ2v) is 9.64. The number of rotatable bonds is 5. The summed E-state index contributed by atoms with van der Waals surface area (Å²) in [4.78, 5) is 20.4. The van der Waals surface area contributed by atoms with Crippen LogP contribution in [0.5, 0.6) is 5.75 Å². The second kappa shape index (κ2) is 6.76. The molecule has 3 rings (SSSR count). The Morgan fingerprint density at radius 2 is 1.85 bits per heavy atom. The third-order valence-electron chi connectivity index (χ3n) is 3.89. The van der Waals surface area contributed by atoms with Gasteiger partial charge in [0.2, 0.25) is 11.5 Å². The maximum absolute atomic E-state index is 12.8. The summed E-state index contributed by atoms with van der Waals surface area (Å²) in [5, 5.41) is 10.7. The van der Waals surface area contributed by atoms with Gasteiger partial charge in [0.25, 0.3) is 0 Å². The average Bonchev–Trinajstić information content (AvgIpc) is 3.08. The van der Waals surface area contributed by atoms with Crippen molar-refractivity contribution in [1.82, 2.24) is 0 Å². The van der Waals surface area contributed by atoms with Crippen LogP contribution < -0.4 is 4.74 Å². The van der Waals surface area contributed by atoms with Crippen molar-refractivity contribution in [1.29, 1.82) is 0 Å². The number of ether oxygens (including phenoxy) is 1. The molecule has 10 heteroatoms. The van der Waals surface area contributed by atoms with Gasteiger partial charge in [-0.3, -0.25) is 4.79 Å². The molecular formula is C17H19N5O4S. The normalized spacial score (nSPS) is 16.6. The van der Waals surface area contributed by atoms with E-state index in [1.54, 1.807) is 26.8 Å². The minimum atomic E-state index is -3.62. The van der Waals surface area contributed by atoms with Gasteiger partial charge in [-0.05, 0) is 50.6 Å². The van der Waals surface area contributed by atoms with Crippen LogP contribution in [0.4, 0.5) is 0 Å². The molecule has 9 nitrogen and oxygen atoms in total. The number of aliphatic imine (C=N–C) groups is 2. The maximum atomic E-state index is 12.8. The second-order valence-electron chi connectivity index (χ2n) is 6.94. The first-order valence-electron chi connectivity index (χ1n) is 8.38. The molecule has 0 saturated heterocycles. The minimum Gasteiger partial charge on any atom is -0.493 e. The smallest absolute Gasteiger partial charge is 0.303 e. The molecule has 0 atom stereocenters. The predicted octanol–water partition coefficient (Wildman–Crippen LogP) is 2.55. The first-order chi connectivity index (χ1) is 12.6. The molecule has 0 spiro atoms. The van der Waals surface area contributed by atoms with E-state index in [0.717, 1.165) is 6.42 Å². The molecule has 0 fully saturated rings. The van der Waals surface area contributed by atoms with Crippen molar-refractivity contribution in [2.75, 3.05) is 6.61 Å². The molecule has 0 aromatic heterocycles. The SMILES string of the molecule is CCCOc1ccc(S(=O)(=O)C(C)(C)C)cc1C1=NC(=O)C2=NN=NC2=N1. The summed E-state index contributed by atoms with van der Waals surface area (Å²) >= 11 is 0. The first-order valence-corrected chi connectivity index (χ1v) is 9.86. The standard InChI is InChI=1S/C17H19N5O4S/c1-5-8-26-12-7-6-10(27(24,25)17(2,3)4)9-11(12)14-18-15-13(16(23)19-14)20-22-21-15/h6-7,9H,5,8H2,1-4H3. The Labute approximate surface area is 156 Å². The largest absolute Gasteiger partial charge is 0.493 e. The van der Waals surface area contributed by atoms with E-state index in [4.69, 9.17) is 4.74 Å². The molecule has 1 aromatic rings. The number of sulfone groups is 1. The molecule has 1 aromatic carbocycles. The zero-order valence-electron chi connectivity index (χ0n) is 15.4. The fourth-order valence-electron chi connectivity index (χ4n) is 2.35. The Morgan fingerprint density at radius 3 is 2.52 bits per heavy atom. The summed E-state index contributed by atoms with van der Waals surface area (Å²) < 4.78 is 30.4. The monoisotopic (exact) mass is 389 g/mol. The summed E-state index contributed by atoms with van der Waals surface area (Å²) in [7, 11) is -3.62. The van der Waals surface area contributed by atoms with Crippen LogP contribution in [-0.4, -0.2) is 43.1 Å². The molecule has 0 saturated carbocycles. The van der Waals surface area contributed by atoms with Gasteiger partial charge >= 0.3 is 5.91 Å². The Kier molecular flexibility index (Phi) is 4.77. The van der Waals surface area contributed by atoms with Crippen LogP contribution in [-0.2, 0) is 14.6 Å². The zero-order valence-corrected chi connectivity index (χ0v) is 16.2. The van der Waals surface area contributed by atoms with Crippen molar-refractivity contribution in [2.45, 2.75) is 43.8 Å².